The molecular weight excluding hydrogens is 656 g/mol. The van der Waals surface area contributed by atoms with Crippen molar-refractivity contribution in [2.24, 2.45) is 0 Å². The van der Waals surface area contributed by atoms with Crippen molar-refractivity contribution in [2.45, 2.75) is 64.9 Å². The minimum absolute atomic E-state index is 0.0619. The van der Waals surface area contributed by atoms with Crippen molar-refractivity contribution in [1.29, 1.82) is 0 Å². The number of piperazine rings is 1. The molecule has 0 saturated carbocycles. The number of pyridine rings is 1. The van der Waals surface area contributed by atoms with Gasteiger partial charge in [-0.3, -0.25) is 4.90 Å². The summed E-state index contributed by atoms with van der Waals surface area (Å²) in [4.78, 5) is 32.0. The summed E-state index contributed by atoms with van der Waals surface area (Å²) in [5.74, 6) is -1.06. The SMILES string of the molecule is CC1=CNNN1C(=O)N1CCN(c2nc(O[C@@H](C)[C@@H]3CCCN3C)nc3c(F)c(-c4nc(N)cc(C)c4C(F)(F)F)c(Cl)cc23)[C@@H](C)C1. The zero-order chi connectivity index (χ0) is 34.7. The summed E-state index contributed by atoms with van der Waals surface area (Å²) in [6.45, 7) is 8.58. The normalized spacial score (nSPS) is 21.1. The summed E-state index contributed by atoms with van der Waals surface area (Å²) in [6, 6.07) is 1.78. The summed E-state index contributed by atoms with van der Waals surface area (Å²) >= 11 is 6.62. The molecule has 0 radical (unpaired) electrons. The molecule has 0 spiro atoms. The second-order valence-corrected chi connectivity index (χ2v) is 12.9. The number of hydrazine groups is 2. The second-order valence-electron chi connectivity index (χ2n) is 12.5. The third-order valence-electron chi connectivity index (χ3n) is 9.18. The highest BCUT2D eigenvalue weighted by Crippen LogP contribution is 2.45. The van der Waals surface area contributed by atoms with Gasteiger partial charge in [0.1, 0.15) is 23.3 Å². The summed E-state index contributed by atoms with van der Waals surface area (Å²) in [6.07, 6.45) is -1.71. The number of carbonyl (C=O) groups is 1. The van der Waals surface area contributed by atoms with E-state index >= 15 is 4.39 Å². The summed E-state index contributed by atoms with van der Waals surface area (Å²) in [5.41, 5.74) is 9.16. The number of alkyl halides is 3. The van der Waals surface area contributed by atoms with E-state index in [9.17, 15) is 18.0 Å². The highest BCUT2D eigenvalue weighted by Gasteiger charge is 2.39. The van der Waals surface area contributed by atoms with Gasteiger partial charge >= 0.3 is 18.2 Å². The molecule has 5 heterocycles. The van der Waals surface area contributed by atoms with E-state index in [0.29, 0.717) is 25.3 Å². The first-order valence-corrected chi connectivity index (χ1v) is 16.0. The molecule has 2 saturated heterocycles. The maximum atomic E-state index is 16.8. The molecule has 6 rings (SSSR count). The van der Waals surface area contributed by atoms with E-state index in [1.54, 1.807) is 18.0 Å². The van der Waals surface area contributed by atoms with E-state index in [0.717, 1.165) is 25.5 Å². The van der Waals surface area contributed by atoms with E-state index in [4.69, 9.17) is 27.1 Å². The number of aryl methyl sites for hydroxylation is 1. The number of likely N-dealkylation sites (tertiary alicyclic amines) is 1. The molecule has 3 aromatic rings. The van der Waals surface area contributed by atoms with Crippen LogP contribution < -0.4 is 26.3 Å². The van der Waals surface area contributed by atoms with Crippen molar-refractivity contribution >= 4 is 40.2 Å². The second kappa shape index (κ2) is 12.7. The quantitative estimate of drug-likeness (QED) is 0.312. The number of amides is 2. The minimum Gasteiger partial charge on any atom is -0.459 e. The van der Waals surface area contributed by atoms with Gasteiger partial charge in [0.15, 0.2) is 5.82 Å². The first kappa shape index (κ1) is 33.7. The number of carbonyl (C=O) groups excluding carboxylic acids is 1. The molecule has 1 aromatic carbocycles. The number of likely N-dealkylation sites (N-methyl/N-ethyl adjacent to an activating group) is 1. The van der Waals surface area contributed by atoms with Crippen LogP contribution in [0.15, 0.2) is 24.0 Å². The Bertz CT molecular complexity index is 1790. The summed E-state index contributed by atoms with van der Waals surface area (Å²) in [5, 5.41) is 1.25. The Balaban J connectivity index is 1.46. The summed E-state index contributed by atoms with van der Waals surface area (Å²) in [7, 11) is 1.99. The average Bonchev–Trinajstić information content (AvgIpc) is 3.63. The fraction of sp³-hybridized carbons (Fsp3) is 0.484. The minimum atomic E-state index is -4.87. The first-order chi connectivity index (χ1) is 22.6. The number of nitrogens with one attached hydrogen (secondary N) is 2. The van der Waals surface area contributed by atoms with Crippen LogP contribution in [0.1, 0.15) is 44.7 Å². The fourth-order valence-corrected chi connectivity index (χ4v) is 7.08. The van der Waals surface area contributed by atoms with Gasteiger partial charge in [-0.15, -0.1) is 5.53 Å². The topological polar surface area (TPSA) is 128 Å². The number of ether oxygens (including phenoxy) is 1. The number of hydrogen-bond donors (Lipinski definition) is 3. The number of allylic oxidation sites excluding steroid dienone is 1. The van der Waals surface area contributed by atoms with Crippen molar-refractivity contribution in [3.05, 3.63) is 46.0 Å². The molecule has 2 aromatic heterocycles. The Kier molecular flexibility index (Phi) is 8.93. The predicted molar refractivity (Wildman–Crippen MR) is 173 cm³/mol. The zero-order valence-electron chi connectivity index (χ0n) is 27.1. The van der Waals surface area contributed by atoms with E-state index in [-0.39, 0.29) is 63.4 Å². The number of nitrogens with zero attached hydrogens (tertiary/aromatic N) is 7. The van der Waals surface area contributed by atoms with Gasteiger partial charge in [0.25, 0.3) is 0 Å². The maximum absolute atomic E-state index is 16.8. The van der Waals surface area contributed by atoms with E-state index in [2.05, 4.69) is 25.8 Å². The lowest BCUT2D eigenvalue weighted by atomic mass is 9.99. The molecule has 3 aliphatic heterocycles. The number of urea groups is 1. The van der Waals surface area contributed by atoms with Crippen LogP contribution in [0.3, 0.4) is 0 Å². The lowest BCUT2D eigenvalue weighted by Gasteiger charge is -2.41. The van der Waals surface area contributed by atoms with E-state index in [1.165, 1.54) is 18.0 Å². The Labute approximate surface area is 279 Å². The average molecular weight is 693 g/mol. The molecule has 2 fully saturated rings. The number of benzene rings is 1. The van der Waals surface area contributed by atoms with Crippen molar-refractivity contribution in [1.82, 2.24) is 40.7 Å². The number of fused-ring (bicyclic) bond motifs is 1. The van der Waals surface area contributed by atoms with Gasteiger partial charge in [0.05, 0.1) is 27.5 Å². The first-order valence-electron chi connectivity index (χ1n) is 15.6. The standard InChI is InChI=1S/C31H37ClF4N10O2/c1-15-11-22(37)39-27(24(15)31(34,35)36)23-20(32)12-19-26(25(23)33)40-29(48-18(4)21-7-6-8-43(21)5)41-28(19)45-10-9-44(14-17(45)3)30(47)46-16(2)13-38-42-46/h11-13,17-18,21,38,42H,6-10,14H2,1-5H3,(H2,37,39)/t17-,18-,21-/m0/s1. The van der Waals surface area contributed by atoms with Crippen LogP contribution in [0, 0.1) is 12.7 Å². The number of rotatable bonds is 5. The van der Waals surface area contributed by atoms with Crippen molar-refractivity contribution in [3.8, 4) is 17.3 Å². The highest BCUT2D eigenvalue weighted by molar-refractivity contribution is 6.34. The monoisotopic (exact) mass is 692 g/mol. The third-order valence-corrected chi connectivity index (χ3v) is 9.48. The molecule has 12 nitrogen and oxygen atoms in total. The van der Waals surface area contributed by atoms with Gasteiger partial charge in [0, 0.05) is 43.3 Å². The van der Waals surface area contributed by atoms with Crippen LogP contribution in [0.5, 0.6) is 6.01 Å². The van der Waals surface area contributed by atoms with E-state index < -0.39 is 28.8 Å². The van der Waals surface area contributed by atoms with Gasteiger partial charge in [-0.1, -0.05) is 11.6 Å². The molecule has 4 N–H and O–H groups in total. The number of halogens is 5. The largest absolute Gasteiger partial charge is 0.459 e. The van der Waals surface area contributed by atoms with Crippen LogP contribution in [-0.2, 0) is 6.18 Å². The predicted octanol–water partition coefficient (Wildman–Crippen LogP) is 5.07. The molecule has 0 aliphatic carbocycles. The van der Waals surface area contributed by atoms with Crippen LogP contribution >= 0.6 is 11.6 Å². The van der Waals surface area contributed by atoms with Crippen molar-refractivity contribution < 1.29 is 27.1 Å². The molecule has 0 unspecified atom stereocenters. The molecule has 48 heavy (non-hydrogen) atoms. The summed E-state index contributed by atoms with van der Waals surface area (Å²) < 4.78 is 65.9. The van der Waals surface area contributed by atoms with Crippen LogP contribution in [-0.4, -0.2) is 87.2 Å². The smallest absolute Gasteiger partial charge is 0.418 e. The van der Waals surface area contributed by atoms with Crippen LogP contribution in [0.2, 0.25) is 5.02 Å². The molecule has 0 bridgehead atoms. The van der Waals surface area contributed by atoms with Crippen LogP contribution in [0.25, 0.3) is 22.2 Å². The molecule has 2 amide bonds. The van der Waals surface area contributed by atoms with Gasteiger partial charge in [-0.05, 0) is 71.8 Å². The Hall–Kier alpha value is -4.15. The number of aromatic nitrogens is 3. The molecular formula is C31H37ClF4N10O2. The number of hydrogen-bond acceptors (Lipinski definition) is 10. The van der Waals surface area contributed by atoms with E-state index in [1.807, 2.05) is 25.8 Å². The van der Waals surface area contributed by atoms with Gasteiger partial charge in [-0.2, -0.15) is 23.1 Å². The number of nitrogens with two attached hydrogens (primary N) is 1. The Morgan fingerprint density at radius 2 is 1.92 bits per heavy atom. The zero-order valence-corrected chi connectivity index (χ0v) is 27.9. The molecule has 3 aliphatic rings. The highest BCUT2D eigenvalue weighted by atomic mass is 35.5. The number of nitrogen functional groups attached to an aromatic ring is 1. The van der Waals surface area contributed by atoms with Crippen molar-refractivity contribution in [3.63, 3.8) is 0 Å². The Morgan fingerprint density at radius 3 is 2.54 bits per heavy atom. The van der Waals surface area contributed by atoms with Gasteiger partial charge < -0.3 is 25.7 Å². The van der Waals surface area contributed by atoms with Crippen molar-refractivity contribution in [2.75, 3.05) is 43.9 Å². The van der Waals surface area contributed by atoms with Gasteiger partial charge in [0.2, 0.25) is 0 Å². The lowest BCUT2D eigenvalue weighted by Crippen LogP contribution is -2.58. The fourth-order valence-electron chi connectivity index (χ4n) is 6.80. The molecule has 17 heteroatoms. The number of anilines is 2. The van der Waals surface area contributed by atoms with Crippen LogP contribution in [0.4, 0.5) is 34.0 Å². The molecule has 3 atom stereocenters. The van der Waals surface area contributed by atoms with Gasteiger partial charge in [-0.25, -0.2) is 19.2 Å². The lowest BCUT2D eigenvalue weighted by molar-refractivity contribution is -0.137. The third kappa shape index (κ3) is 6.12. The maximum Gasteiger partial charge on any atom is 0.418 e. The Morgan fingerprint density at radius 1 is 1.17 bits per heavy atom. The molecule has 258 valence electrons.